The molecule has 1 aromatic rings. The van der Waals surface area contributed by atoms with Crippen LogP contribution in [0.15, 0.2) is 12.1 Å². The molecular formula is C10H9ClIN3O5S. The second-order valence-corrected chi connectivity index (χ2v) is 7.85. The van der Waals surface area contributed by atoms with Crippen LogP contribution in [0.4, 0.5) is 11.4 Å². The first kappa shape index (κ1) is 16.4. The van der Waals surface area contributed by atoms with E-state index in [2.05, 4.69) is 0 Å². The third-order valence-electron chi connectivity index (χ3n) is 3.06. The SMILES string of the molecule is NS(=O)(=O)C1CC(=O)N(c2cc(Cl)c(I)cc2[N+](=O)[O-])C1. The lowest BCUT2D eigenvalue weighted by molar-refractivity contribution is -0.384. The molecule has 114 valence electrons. The summed E-state index contributed by atoms with van der Waals surface area (Å²) < 4.78 is 23.1. The minimum absolute atomic E-state index is 0.0263. The summed E-state index contributed by atoms with van der Waals surface area (Å²) in [5, 5.41) is 15.3. The van der Waals surface area contributed by atoms with Crippen molar-refractivity contribution >= 4 is 61.5 Å². The fourth-order valence-corrected chi connectivity index (χ4v) is 3.36. The second-order valence-electron chi connectivity index (χ2n) is 4.43. The highest BCUT2D eigenvalue weighted by Gasteiger charge is 2.39. The van der Waals surface area contributed by atoms with Crippen molar-refractivity contribution in [1.82, 2.24) is 0 Å². The molecule has 2 rings (SSSR count). The molecule has 1 aromatic carbocycles. The number of amides is 1. The number of nitro groups is 1. The third kappa shape index (κ3) is 3.27. The van der Waals surface area contributed by atoms with Gasteiger partial charge in [0, 0.05) is 22.6 Å². The molecule has 0 bridgehead atoms. The molecule has 2 N–H and O–H groups in total. The average molecular weight is 446 g/mol. The average Bonchev–Trinajstić information content (AvgIpc) is 2.74. The Morgan fingerprint density at radius 2 is 2.10 bits per heavy atom. The summed E-state index contributed by atoms with van der Waals surface area (Å²) >= 11 is 7.76. The van der Waals surface area contributed by atoms with Gasteiger partial charge in [-0.2, -0.15) is 0 Å². The van der Waals surface area contributed by atoms with Gasteiger partial charge >= 0.3 is 0 Å². The van der Waals surface area contributed by atoms with Gasteiger partial charge in [-0.15, -0.1) is 0 Å². The molecule has 21 heavy (non-hydrogen) atoms. The van der Waals surface area contributed by atoms with Crippen molar-refractivity contribution in [2.75, 3.05) is 11.4 Å². The number of rotatable bonds is 3. The van der Waals surface area contributed by atoms with Gasteiger partial charge in [0.1, 0.15) is 10.9 Å². The molecule has 11 heteroatoms. The van der Waals surface area contributed by atoms with Crippen LogP contribution in [0.25, 0.3) is 0 Å². The summed E-state index contributed by atoms with van der Waals surface area (Å²) in [4.78, 5) is 23.4. The minimum Gasteiger partial charge on any atom is -0.305 e. The van der Waals surface area contributed by atoms with Crippen molar-refractivity contribution in [1.29, 1.82) is 0 Å². The zero-order valence-corrected chi connectivity index (χ0v) is 14.1. The first-order chi connectivity index (χ1) is 9.61. The number of hydrogen-bond acceptors (Lipinski definition) is 5. The van der Waals surface area contributed by atoms with Crippen LogP contribution >= 0.6 is 34.2 Å². The van der Waals surface area contributed by atoms with Crippen molar-refractivity contribution in [3.05, 3.63) is 30.8 Å². The van der Waals surface area contributed by atoms with Crippen LogP contribution in [0.3, 0.4) is 0 Å². The van der Waals surface area contributed by atoms with Gasteiger partial charge in [0.2, 0.25) is 15.9 Å². The Kier molecular flexibility index (Phi) is 4.42. The van der Waals surface area contributed by atoms with Gasteiger partial charge < -0.3 is 4.90 Å². The molecular weight excluding hydrogens is 437 g/mol. The first-order valence-electron chi connectivity index (χ1n) is 5.56. The molecule has 8 nitrogen and oxygen atoms in total. The summed E-state index contributed by atoms with van der Waals surface area (Å²) in [6.07, 6.45) is -0.306. The molecule has 1 amide bonds. The number of halogens is 2. The lowest BCUT2D eigenvalue weighted by Gasteiger charge is -2.17. The maximum Gasteiger partial charge on any atom is 0.294 e. The monoisotopic (exact) mass is 445 g/mol. The Hall–Kier alpha value is -0.980. The number of nitrogens with two attached hydrogens (primary N) is 1. The molecule has 1 saturated heterocycles. The number of nitro benzene ring substituents is 1. The van der Waals surface area contributed by atoms with Crippen LogP contribution < -0.4 is 10.0 Å². The molecule has 1 aliphatic heterocycles. The van der Waals surface area contributed by atoms with E-state index in [1.807, 2.05) is 22.6 Å². The summed E-state index contributed by atoms with van der Waals surface area (Å²) in [6.45, 7) is -0.227. The molecule has 1 fully saturated rings. The summed E-state index contributed by atoms with van der Waals surface area (Å²) in [6, 6.07) is 2.51. The van der Waals surface area contributed by atoms with Crippen molar-refractivity contribution in [3.8, 4) is 0 Å². The van der Waals surface area contributed by atoms with Gasteiger partial charge in [-0.3, -0.25) is 14.9 Å². The van der Waals surface area contributed by atoms with E-state index < -0.39 is 26.1 Å². The highest BCUT2D eigenvalue weighted by Crippen LogP contribution is 2.37. The number of sulfonamides is 1. The summed E-state index contributed by atoms with van der Waals surface area (Å²) in [7, 11) is -3.89. The Balaban J connectivity index is 2.50. The van der Waals surface area contributed by atoms with Gasteiger partial charge in [0.05, 0.1) is 9.95 Å². The number of hydrogen-bond donors (Lipinski definition) is 1. The van der Waals surface area contributed by atoms with Gasteiger partial charge in [0.15, 0.2) is 0 Å². The van der Waals surface area contributed by atoms with Gasteiger partial charge in [-0.05, 0) is 28.7 Å². The third-order valence-corrected chi connectivity index (χ3v) is 5.83. The van der Waals surface area contributed by atoms with E-state index in [9.17, 15) is 23.3 Å². The molecule has 0 aromatic heterocycles. The number of carbonyl (C=O) groups is 1. The van der Waals surface area contributed by atoms with Crippen LogP contribution in [-0.4, -0.2) is 31.0 Å². The smallest absolute Gasteiger partial charge is 0.294 e. The number of nitrogens with zero attached hydrogens (tertiary/aromatic N) is 2. The normalized spacial score (nSPS) is 19.1. The predicted octanol–water partition coefficient (Wildman–Crippen LogP) is 1.25. The maximum atomic E-state index is 11.9. The maximum absolute atomic E-state index is 11.9. The van der Waals surface area contributed by atoms with Gasteiger partial charge in [-0.25, -0.2) is 13.6 Å². The predicted molar refractivity (Wildman–Crippen MR) is 84.7 cm³/mol. The second kappa shape index (κ2) is 5.66. The van der Waals surface area contributed by atoms with E-state index in [-0.39, 0.29) is 29.4 Å². The molecule has 0 saturated carbocycles. The lowest BCUT2D eigenvalue weighted by Crippen LogP contribution is -2.32. The summed E-state index contributed by atoms with van der Waals surface area (Å²) in [5.41, 5.74) is -0.339. The van der Waals surface area contributed by atoms with E-state index in [0.29, 0.717) is 3.57 Å². The fraction of sp³-hybridized carbons (Fsp3) is 0.300. The molecule has 0 radical (unpaired) electrons. The van der Waals surface area contributed by atoms with Crippen LogP contribution in [0.2, 0.25) is 5.02 Å². The molecule has 0 spiro atoms. The van der Waals surface area contributed by atoms with E-state index in [1.54, 1.807) is 0 Å². The molecule has 1 atom stereocenters. The zero-order valence-electron chi connectivity index (χ0n) is 10.3. The largest absolute Gasteiger partial charge is 0.305 e. The minimum atomic E-state index is -3.89. The van der Waals surface area contributed by atoms with Crippen molar-refractivity contribution in [3.63, 3.8) is 0 Å². The Morgan fingerprint density at radius 1 is 1.48 bits per heavy atom. The van der Waals surface area contributed by atoms with Crippen LogP contribution in [0, 0.1) is 13.7 Å². The fourth-order valence-electron chi connectivity index (χ4n) is 2.02. The topological polar surface area (TPSA) is 124 Å². The highest BCUT2D eigenvalue weighted by molar-refractivity contribution is 14.1. The lowest BCUT2D eigenvalue weighted by atomic mass is 10.2. The van der Waals surface area contributed by atoms with E-state index in [4.69, 9.17) is 16.7 Å². The van der Waals surface area contributed by atoms with E-state index in [0.717, 1.165) is 4.90 Å². The van der Waals surface area contributed by atoms with Crippen LogP contribution in [0.5, 0.6) is 0 Å². The number of anilines is 1. The van der Waals surface area contributed by atoms with Gasteiger partial charge in [0.25, 0.3) is 5.69 Å². The van der Waals surface area contributed by atoms with Crippen molar-refractivity contribution in [2.24, 2.45) is 5.14 Å². The Labute approximate surface area is 138 Å². The number of carbonyl (C=O) groups excluding carboxylic acids is 1. The van der Waals surface area contributed by atoms with Crippen molar-refractivity contribution in [2.45, 2.75) is 11.7 Å². The number of benzene rings is 1. The quantitative estimate of drug-likeness (QED) is 0.426. The molecule has 1 unspecified atom stereocenters. The van der Waals surface area contributed by atoms with Crippen LogP contribution in [0.1, 0.15) is 6.42 Å². The standard InChI is InChI=1S/C10H9ClIN3O5S/c11-6-2-8(9(15(17)18)3-7(6)12)14-4-5(1-10(14)16)21(13,19)20/h2-3,5H,1,4H2,(H2,13,19,20). The van der Waals surface area contributed by atoms with E-state index in [1.165, 1.54) is 12.1 Å². The molecule has 1 aliphatic rings. The molecule has 1 heterocycles. The van der Waals surface area contributed by atoms with Crippen LogP contribution in [-0.2, 0) is 14.8 Å². The summed E-state index contributed by atoms with van der Waals surface area (Å²) in [5.74, 6) is -0.547. The van der Waals surface area contributed by atoms with E-state index >= 15 is 0 Å². The number of primary sulfonamides is 1. The highest BCUT2D eigenvalue weighted by atomic mass is 127. The molecule has 0 aliphatic carbocycles. The van der Waals surface area contributed by atoms with Crippen molar-refractivity contribution < 1.29 is 18.1 Å². The van der Waals surface area contributed by atoms with Gasteiger partial charge in [-0.1, -0.05) is 11.6 Å². The Morgan fingerprint density at radius 3 is 2.57 bits per heavy atom. The zero-order chi connectivity index (χ0) is 15.9. The Bertz CT molecular complexity index is 738. The first-order valence-corrected chi connectivity index (χ1v) is 8.63.